The van der Waals surface area contributed by atoms with Crippen LogP contribution in [-0.2, 0) is 13.1 Å². The number of hydrogen-bond acceptors (Lipinski definition) is 2. The zero-order chi connectivity index (χ0) is 14.5. The molecule has 21 heavy (non-hydrogen) atoms. The number of aromatic nitrogens is 2. The lowest BCUT2D eigenvalue weighted by Crippen LogP contribution is -2.13. The van der Waals surface area contributed by atoms with E-state index < -0.39 is 0 Å². The molecule has 3 heteroatoms. The number of nitrogens with one attached hydrogen (secondary N) is 1. The SMILES string of the molecule is Cc1cccc(CNCc2ccn(-c3ccccc3)n2)c1. The zero-order valence-corrected chi connectivity index (χ0v) is 12.2. The average molecular weight is 277 g/mol. The Kier molecular flexibility index (Phi) is 4.12. The Morgan fingerprint density at radius 2 is 1.81 bits per heavy atom. The summed E-state index contributed by atoms with van der Waals surface area (Å²) in [5.41, 5.74) is 4.73. The molecule has 1 N–H and O–H groups in total. The van der Waals surface area contributed by atoms with E-state index in [-0.39, 0.29) is 0 Å². The van der Waals surface area contributed by atoms with Gasteiger partial charge in [-0.2, -0.15) is 5.10 Å². The van der Waals surface area contributed by atoms with Gasteiger partial charge in [0.05, 0.1) is 11.4 Å². The number of aryl methyl sites for hydroxylation is 1. The first-order valence-corrected chi connectivity index (χ1v) is 7.17. The molecule has 0 aliphatic carbocycles. The average Bonchev–Trinajstić information content (AvgIpc) is 2.97. The number of hydrogen-bond donors (Lipinski definition) is 1. The van der Waals surface area contributed by atoms with Crippen LogP contribution in [0.3, 0.4) is 0 Å². The van der Waals surface area contributed by atoms with E-state index in [1.165, 1.54) is 11.1 Å². The second kappa shape index (κ2) is 6.37. The molecule has 0 saturated carbocycles. The van der Waals surface area contributed by atoms with Crippen molar-refractivity contribution >= 4 is 0 Å². The first kappa shape index (κ1) is 13.6. The van der Waals surface area contributed by atoms with Gasteiger partial charge in [0.1, 0.15) is 0 Å². The molecule has 0 radical (unpaired) electrons. The predicted molar refractivity (Wildman–Crippen MR) is 85.3 cm³/mol. The summed E-state index contributed by atoms with van der Waals surface area (Å²) in [4.78, 5) is 0. The second-order valence-corrected chi connectivity index (χ2v) is 5.18. The van der Waals surface area contributed by atoms with Crippen LogP contribution < -0.4 is 5.32 Å². The molecule has 0 saturated heterocycles. The van der Waals surface area contributed by atoms with Crippen LogP contribution in [0.1, 0.15) is 16.8 Å². The summed E-state index contributed by atoms with van der Waals surface area (Å²) in [6, 6.07) is 20.8. The van der Waals surface area contributed by atoms with Gasteiger partial charge in [-0.1, -0.05) is 48.0 Å². The van der Waals surface area contributed by atoms with Crippen LogP contribution in [0.4, 0.5) is 0 Å². The van der Waals surface area contributed by atoms with E-state index in [9.17, 15) is 0 Å². The first-order chi connectivity index (χ1) is 10.3. The van der Waals surface area contributed by atoms with Crippen LogP contribution in [-0.4, -0.2) is 9.78 Å². The highest BCUT2D eigenvalue weighted by atomic mass is 15.3. The third-order valence-electron chi connectivity index (χ3n) is 3.38. The summed E-state index contributed by atoms with van der Waals surface area (Å²) in [6.45, 7) is 3.75. The van der Waals surface area contributed by atoms with Gasteiger partial charge in [0.15, 0.2) is 0 Å². The molecule has 0 atom stereocenters. The number of para-hydroxylation sites is 1. The van der Waals surface area contributed by atoms with E-state index in [0.29, 0.717) is 0 Å². The Labute approximate surface area is 125 Å². The summed E-state index contributed by atoms with van der Waals surface area (Å²) >= 11 is 0. The number of rotatable bonds is 5. The highest BCUT2D eigenvalue weighted by molar-refractivity contribution is 5.30. The number of benzene rings is 2. The van der Waals surface area contributed by atoms with E-state index in [2.05, 4.69) is 59.8 Å². The lowest BCUT2D eigenvalue weighted by Gasteiger charge is -2.04. The Morgan fingerprint density at radius 1 is 0.952 bits per heavy atom. The molecular weight excluding hydrogens is 258 g/mol. The van der Waals surface area contributed by atoms with Gasteiger partial charge in [-0.25, -0.2) is 4.68 Å². The summed E-state index contributed by atoms with van der Waals surface area (Å²) in [5.74, 6) is 0. The highest BCUT2D eigenvalue weighted by Gasteiger charge is 2.01. The van der Waals surface area contributed by atoms with Crippen LogP contribution in [0.5, 0.6) is 0 Å². The van der Waals surface area contributed by atoms with Crippen molar-refractivity contribution < 1.29 is 0 Å². The lowest BCUT2D eigenvalue weighted by molar-refractivity contribution is 0.669. The molecule has 0 bridgehead atoms. The third kappa shape index (κ3) is 3.58. The van der Waals surface area contributed by atoms with Crippen LogP contribution in [0.25, 0.3) is 5.69 Å². The molecule has 2 aromatic carbocycles. The fourth-order valence-corrected chi connectivity index (χ4v) is 2.34. The van der Waals surface area contributed by atoms with Crippen LogP contribution in [0.2, 0.25) is 0 Å². The third-order valence-corrected chi connectivity index (χ3v) is 3.38. The minimum absolute atomic E-state index is 0.772. The molecule has 1 aromatic heterocycles. The summed E-state index contributed by atoms with van der Waals surface area (Å²) in [5, 5.41) is 8.02. The lowest BCUT2D eigenvalue weighted by atomic mass is 10.1. The Morgan fingerprint density at radius 3 is 2.62 bits per heavy atom. The molecule has 3 aromatic rings. The van der Waals surface area contributed by atoms with Crippen molar-refractivity contribution in [1.82, 2.24) is 15.1 Å². The summed E-state index contributed by atoms with van der Waals surface area (Å²) in [6.07, 6.45) is 2.00. The molecule has 0 unspecified atom stereocenters. The van der Waals surface area contributed by atoms with Crippen molar-refractivity contribution in [1.29, 1.82) is 0 Å². The molecule has 0 amide bonds. The van der Waals surface area contributed by atoms with E-state index in [0.717, 1.165) is 24.5 Å². The Hall–Kier alpha value is -2.39. The quantitative estimate of drug-likeness (QED) is 0.774. The normalized spacial score (nSPS) is 10.7. The van der Waals surface area contributed by atoms with Crippen molar-refractivity contribution in [2.75, 3.05) is 0 Å². The molecule has 0 aliphatic heterocycles. The maximum atomic E-state index is 4.58. The van der Waals surface area contributed by atoms with Crippen molar-refractivity contribution in [3.8, 4) is 5.69 Å². The van der Waals surface area contributed by atoms with Gasteiger partial charge in [-0.3, -0.25) is 0 Å². The summed E-state index contributed by atoms with van der Waals surface area (Å²) < 4.78 is 1.91. The maximum Gasteiger partial charge on any atom is 0.0766 e. The van der Waals surface area contributed by atoms with Gasteiger partial charge in [-0.05, 0) is 30.7 Å². The minimum atomic E-state index is 0.772. The minimum Gasteiger partial charge on any atom is -0.307 e. The van der Waals surface area contributed by atoms with Crippen molar-refractivity contribution in [2.45, 2.75) is 20.0 Å². The predicted octanol–water partition coefficient (Wildman–Crippen LogP) is 3.47. The topological polar surface area (TPSA) is 29.9 Å². The fourth-order valence-electron chi connectivity index (χ4n) is 2.34. The largest absolute Gasteiger partial charge is 0.307 e. The smallest absolute Gasteiger partial charge is 0.0766 e. The molecular formula is C18H19N3. The van der Waals surface area contributed by atoms with Gasteiger partial charge >= 0.3 is 0 Å². The van der Waals surface area contributed by atoms with Crippen LogP contribution in [0.15, 0.2) is 66.9 Å². The van der Waals surface area contributed by atoms with Gasteiger partial charge in [0.2, 0.25) is 0 Å². The van der Waals surface area contributed by atoms with Gasteiger partial charge in [0, 0.05) is 19.3 Å². The Bertz CT molecular complexity index is 701. The van der Waals surface area contributed by atoms with Gasteiger partial charge in [-0.15, -0.1) is 0 Å². The zero-order valence-electron chi connectivity index (χ0n) is 12.2. The molecule has 0 spiro atoms. The van der Waals surface area contributed by atoms with E-state index in [4.69, 9.17) is 0 Å². The van der Waals surface area contributed by atoms with E-state index in [1.54, 1.807) is 0 Å². The maximum absolute atomic E-state index is 4.58. The Balaban J connectivity index is 1.58. The monoisotopic (exact) mass is 277 g/mol. The van der Waals surface area contributed by atoms with Crippen molar-refractivity contribution in [3.05, 3.63) is 83.7 Å². The highest BCUT2D eigenvalue weighted by Crippen LogP contribution is 2.07. The standard InChI is InChI=1S/C18H19N3/c1-15-6-5-7-16(12-15)13-19-14-17-10-11-21(20-17)18-8-3-2-4-9-18/h2-12,19H,13-14H2,1H3. The van der Waals surface area contributed by atoms with E-state index in [1.807, 2.05) is 29.1 Å². The van der Waals surface area contributed by atoms with Crippen molar-refractivity contribution in [3.63, 3.8) is 0 Å². The van der Waals surface area contributed by atoms with Crippen molar-refractivity contribution in [2.24, 2.45) is 0 Å². The van der Waals surface area contributed by atoms with Crippen LogP contribution in [0, 0.1) is 6.92 Å². The molecule has 3 rings (SSSR count). The first-order valence-electron chi connectivity index (χ1n) is 7.17. The molecule has 1 heterocycles. The second-order valence-electron chi connectivity index (χ2n) is 5.18. The number of nitrogens with zero attached hydrogens (tertiary/aromatic N) is 2. The molecule has 3 nitrogen and oxygen atoms in total. The molecule has 0 fully saturated rings. The molecule has 0 aliphatic rings. The van der Waals surface area contributed by atoms with Crippen LogP contribution >= 0.6 is 0 Å². The fraction of sp³-hybridized carbons (Fsp3) is 0.167. The van der Waals surface area contributed by atoms with Gasteiger partial charge in [0.25, 0.3) is 0 Å². The van der Waals surface area contributed by atoms with Gasteiger partial charge < -0.3 is 5.32 Å². The van der Waals surface area contributed by atoms with E-state index >= 15 is 0 Å². The molecule has 106 valence electrons. The summed E-state index contributed by atoms with van der Waals surface area (Å²) in [7, 11) is 0.